The van der Waals surface area contributed by atoms with Gasteiger partial charge in [0.05, 0.1) is 5.92 Å². The second kappa shape index (κ2) is 7.34. The van der Waals surface area contributed by atoms with E-state index in [9.17, 15) is 14.7 Å². The van der Waals surface area contributed by atoms with Gasteiger partial charge in [0.1, 0.15) is 0 Å². The molecule has 3 rings (SSSR count). The standard InChI is InChI=1S/C19H26N2O3/c1-14(22)21-10-3-4-16-12-15(6-7-18(16)21)8-11-20-9-2-5-17(13-20)19(23)24/h6-7,12,17H,2-5,8-11,13H2,1H3,(H,23,24). The van der Waals surface area contributed by atoms with Gasteiger partial charge in [0.2, 0.25) is 5.91 Å². The first-order valence-corrected chi connectivity index (χ1v) is 8.89. The second-order valence-corrected chi connectivity index (χ2v) is 6.97. The van der Waals surface area contributed by atoms with Gasteiger partial charge >= 0.3 is 5.97 Å². The molecule has 0 saturated carbocycles. The third kappa shape index (κ3) is 3.78. The molecule has 2 aliphatic heterocycles. The number of rotatable bonds is 4. The molecule has 0 radical (unpaired) electrons. The summed E-state index contributed by atoms with van der Waals surface area (Å²) >= 11 is 0. The highest BCUT2D eigenvalue weighted by atomic mass is 16.4. The third-order valence-electron chi connectivity index (χ3n) is 5.21. The normalized spacial score (nSPS) is 21.4. The highest BCUT2D eigenvalue weighted by molar-refractivity contribution is 5.92. The van der Waals surface area contributed by atoms with E-state index in [4.69, 9.17) is 0 Å². The summed E-state index contributed by atoms with van der Waals surface area (Å²) in [5.41, 5.74) is 3.59. The molecule has 2 aliphatic rings. The van der Waals surface area contributed by atoms with Gasteiger partial charge in [-0.2, -0.15) is 0 Å². The molecule has 130 valence electrons. The van der Waals surface area contributed by atoms with E-state index >= 15 is 0 Å². The van der Waals surface area contributed by atoms with E-state index in [0.29, 0.717) is 6.54 Å². The molecule has 2 heterocycles. The fourth-order valence-electron chi connectivity index (χ4n) is 3.88. The fourth-order valence-corrected chi connectivity index (χ4v) is 3.88. The summed E-state index contributed by atoms with van der Waals surface area (Å²) in [6.45, 7) is 4.99. The number of amides is 1. The summed E-state index contributed by atoms with van der Waals surface area (Å²) in [5.74, 6) is -0.777. The highest BCUT2D eigenvalue weighted by Crippen LogP contribution is 2.28. The molecule has 1 fully saturated rings. The van der Waals surface area contributed by atoms with E-state index in [0.717, 1.165) is 57.4 Å². The number of carboxylic acids is 1. The first-order valence-electron chi connectivity index (χ1n) is 8.89. The maximum Gasteiger partial charge on any atom is 0.307 e. The molecule has 1 amide bonds. The average molecular weight is 330 g/mol. The number of hydrogen-bond acceptors (Lipinski definition) is 3. The number of aryl methyl sites for hydroxylation is 1. The smallest absolute Gasteiger partial charge is 0.307 e. The predicted octanol–water partition coefficient (Wildman–Crippen LogP) is 2.32. The Bertz CT molecular complexity index is 629. The van der Waals surface area contributed by atoms with Crippen LogP contribution in [-0.4, -0.2) is 48.1 Å². The minimum Gasteiger partial charge on any atom is -0.481 e. The molecule has 24 heavy (non-hydrogen) atoms. The number of carbonyl (C=O) groups excluding carboxylic acids is 1. The number of likely N-dealkylation sites (tertiary alicyclic amines) is 1. The van der Waals surface area contributed by atoms with Crippen molar-refractivity contribution in [2.75, 3.05) is 31.1 Å². The van der Waals surface area contributed by atoms with Crippen LogP contribution in [0.2, 0.25) is 0 Å². The fraction of sp³-hybridized carbons (Fsp3) is 0.579. The summed E-state index contributed by atoms with van der Waals surface area (Å²) in [4.78, 5) is 27.0. The molecule has 1 aromatic carbocycles. The molecule has 1 aromatic rings. The Kier molecular flexibility index (Phi) is 5.19. The van der Waals surface area contributed by atoms with Gasteiger partial charge in [0, 0.05) is 32.2 Å². The zero-order valence-electron chi connectivity index (χ0n) is 14.3. The summed E-state index contributed by atoms with van der Waals surface area (Å²) in [5, 5.41) is 9.18. The van der Waals surface area contributed by atoms with Crippen LogP contribution >= 0.6 is 0 Å². The maximum absolute atomic E-state index is 11.7. The molecule has 1 N–H and O–H groups in total. The Morgan fingerprint density at radius 2 is 2.08 bits per heavy atom. The first-order chi connectivity index (χ1) is 11.5. The van der Waals surface area contributed by atoms with Gasteiger partial charge in [-0.3, -0.25) is 9.59 Å². The number of hydrogen-bond donors (Lipinski definition) is 1. The number of aliphatic carboxylic acids is 1. The van der Waals surface area contributed by atoms with Crippen LogP contribution in [0.1, 0.15) is 37.3 Å². The van der Waals surface area contributed by atoms with Crippen molar-refractivity contribution in [2.45, 2.75) is 39.0 Å². The van der Waals surface area contributed by atoms with Crippen LogP contribution < -0.4 is 4.90 Å². The Labute approximate surface area is 143 Å². The minimum absolute atomic E-state index is 0.108. The summed E-state index contributed by atoms with van der Waals surface area (Å²) < 4.78 is 0. The molecule has 5 nitrogen and oxygen atoms in total. The predicted molar refractivity (Wildman–Crippen MR) is 93.3 cm³/mol. The summed E-state index contributed by atoms with van der Waals surface area (Å²) in [6.07, 6.45) is 4.74. The van der Waals surface area contributed by atoms with E-state index in [1.807, 2.05) is 4.90 Å². The Morgan fingerprint density at radius 1 is 1.25 bits per heavy atom. The molecule has 0 spiro atoms. The molecule has 1 atom stereocenters. The molecule has 1 unspecified atom stereocenters. The number of piperidine rings is 1. The van der Waals surface area contributed by atoms with Crippen LogP contribution in [0, 0.1) is 5.92 Å². The Morgan fingerprint density at radius 3 is 2.83 bits per heavy atom. The van der Waals surface area contributed by atoms with Crippen molar-refractivity contribution in [3.63, 3.8) is 0 Å². The van der Waals surface area contributed by atoms with Crippen LogP contribution in [0.15, 0.2) is 18.2 Å². The van der Waals surface area contributed by atoms with Crippen molar-refractivity contribution in [3.05, 3.63) is 29.3 Å². The molecule has 1 saturated heterocycles. The molecular formula is C19H26N2O3. The van der Waals surface area contributed by atoms with Gasteiger partial charge in [-0.05, 0) is 55.8 Å². The number of fused-ring (bicyclic) bond motifs is 1. The molecule has 0 aliphatic carbocycles. The number of benzene rings is 1. The van der Waals surface area contributed by atoms with Crippen molar-refractivity contribution in [3.8, 4) is 0 Å². The van der Waals surface area contributed by atoms with Gasteiger partial charge < -0.3 is 14.9 Å². The zero-order valence-corrected chi connectivity index (χ0v) is 14.3. The minimum atomic E-state index is -0.669. The number of carbonyl (C=O) groups is 2. The van der Waals surface area contributed by atoms with Crippen LogP contribution in [0.5, 0.6) is 0 Å². The molecule has 0 bridgehead atoms. The Balaban J connectivity index is 1.62. The van der Waals surface area contributed by atoms with E-state index in [2.05, 4.69) is 23.1 Å². The zero-order chi connectivity index (χ0) is 17.1. The third-order valence-corrected chi connectivity index (χ3v) is 5.21. The molecular weight excluding hydrogens is 304 g/mol. The van der Waals surface area contributed by atoms with Crippen molar-refractivity contribution in [2.24, 2.45) is 5.92 Å². The van der Waals surface area contributed by atoms with Crippen molar-refractivity contribution < 1.29 is 14.7 Å². The van der Waals surface area contributed by atoms with E-state index in [-0.39, 0.29) is 11.8 Å². The molecule has 0 aromatic heterocycles. The summed E-state index contributed by atoms with van der Waals surface area (Å²) in [6, 6.07) is 6.41. The van der Waals surface area contributed by atoms with Crippen molar-refractivity contribution >= 4 is 17.6 Å². The number of anilines is 1. The highest BCUT2D eigenvalue weighted by Gasteiger charge is 2.25. The van der Waals surface area contributed by atoms with E-state index < -0.39 is 5.97 Å². The van der Waals surface area contributed by atoms with Crippen LogP contribution in [0.4, 0.5) is 5.69 Å². The lowest BCUT2D eigenvalue weighted by atomic mass is 9.96. The van der Waals surface area contributed by atoms with E-state index in [1.54, 1.807) is 6.92 Å². The monoisotopic (exact) mass is 330 g/mol. The largest absolute Gasteiger partial charge is 0.481 e. The lowest BCUT2D eigenvalue weighted by Gasteiger charge is -2.31. The van der Waals surface area contributed by atoms with Crippen LogP contribution in [0.25, 0.3) is 0 Å². The van der Waals surface area contributed by atoms with Crippen molar-refractivity contribution in [1.82, 2.24) is 4.90 Å². The number of nitrogens with zero attached hydrogens (tertiary/aromatic N) is 2. The van der Waals surface area contributed by atoms with Crippen LogP contribution in [-0.2, 0) is 22.4 Å². The summed E-state index contributed by atoms with van der Waals surface area (Å²) in [7, 11) is 0. The lowest BCUT2D eigenvalue weighted by Crippen LogP contribution is -2.39. The van der Waals surface area contributed by atoms with Crippen LogP contribution in [0.3, 0.4) is 0 Å². The quantitative estimate of drug-likeness (QED) is 0.920. The maximum atomic E-state index is 11.7. The first kappa shape index (κ1) is 17.0. The topological polar surface area (TPSA) is 60.9 Å². The van der Waals surface area contributed by atoms with Gasteiger partial charge in [-0.15, -0.1) is 0 Å². The average Bonchev–Trinajstić information content (AvgIpc) is 2.59. The second-order valence-electron chi connectivity index (χ2n) is 6.97. The van der Waals surface area contributed by atoms with Gasteiger partial charge in [0.15, 0.2) is 0 Å². The lowest BCUT2D eigenvalue weighted by molar-refractivity contribution is -0.143. The van der Waals surface area contributed by atoms with Gasteiger partial charge in [-0.1, -0.05) is 12.1 Å². The van der Waals surface area contributed by atoms with Gasteiger partial charge in [0.25, 0.3) is 0 Å². The SMILES string of the molecule is CC(=O)N1CCCc2cc(CCN3CCCC(C(=O)O)C3)ccc21. The van der Waals surface area contributed by atoms with E-state index in [1.165, 1.54) is 11.1 Å². The van der Waals surface area contributed by atoms with Crippen molar-refractivity contribution in [1.29, 1.82) is 0 Å². The Hall–Kier alpha value is -1.88. The molecule has 5 heteroatoms. The van der Waals surface area contributed by atoms with Gasteiger partial charge in [-0.25, -0.2) is 0 Å². The number of carboxylic acid groups (broad SMARTS) is 1.